The highest BCUT2D eigenvalue weighted by Gasteiger charge is 2.32. The number of aromatic nitrogens is 2. The number of nitrogens with zero attached hydrogens (tertiary/aromatic N) is 2. The molecular formula is C14H16N4O2. The lowest BCUT2D eigenvalue weighted by Gasteiger charge is -2.16. The van der Waals surface area contributed by atoms with Crippen LogP contribution in [0, 0.1) is 5.92 Å². The molecule has 0 saturated heterocycles. The van der Waals surface area contributed by atoms with Crippen LogP contribution in [0.1, 0.15) is 30.8 Å². The second kappa shape index (κ2) is 4.63. The Bertz CT molecular complexity index is 690. The molecule has 1 aliphatic rings. The van der Waals surface area contributed by atoms with E-state index in [1.165, 1.54) is 0 Å². The van der Waals surface area contributed by atoms with E-state index < -0.39 is 6.04 Å². The van der Waals surface area contributed by atoms with Gasteiger partial charge >= 0.3 is 6.03 Å². The Labute approximate surface area is 116 Å². The molecule has 20 heavy (non-hydrogen) atoms. The van der Waals surface area contributed by atoms with Crippen LogP contribution in [0.15, 0.2) is 24.4 Å². The van der Waals surface area contributed by atoms with Gasteiger partial charge in [-0.2, -0.15) is 0 Å². The number of rotatable bonds is 2. The van der Waals surface area contributed by atoms with Crippen molar-refractivity contribution in [3.8, 4) is 0 Å². The maximum atomic E-state index is 12.7. The second-order valence-electron chi connectivity index (χ2n) is 5.38. The number of hydrogen-bond acceptors (Lipinski definition) is 3. The zero-order valence-corrected chi connectivity index (χ0v) is 11.4. The van der Waals surface area contributed by atoms with Gasteiger partial charge in [0.15, 0.2) is 5.82 Å². The molecule has 0 aromatic carbocycles. The van der Waals surface area contributed by atoms with E-state index in [0.717, 1.165) is 0 Å². The summed E-state index contributed by atoms with van der Waals surface area (Å²) in [5.41, 5.74) is 1.08. The standard InChI is InChI=1S/C14H16N4O2/c1-8(2)7-9-12(19)11-13(17-14(20)15-9)16-10-5-3-4-6-18(10)11/h3-6,8-9H,7H2,1-2H3,(H2,15,17,20)/t9-/m0/s1. The first-order chi connectivity index (χ1) is 9.56. The van der Waals surface area contributed by atoms with Crippen molar-refractivity contribution in [2.24, 2.45) is 5.92 Å². The van der Waals surface area contributed by atoms with Crippen molar-refractivity contribution >= 4 is 23.3 Å². The van der Waals surface area contributed by atoms with Crippen LogP contribution in [-0.4, -0.2) is 27.2 Å². The molecule has 0 bridgehead atoms. The van der Waals surface area contributed by atoms with Crippen molar-refractivity contribution in [1.82, 2.24) is 14.7 Å². The van der Waals surface area contributed by atoms with Crippen LogP contribution in [0.25, 0.3) is 5.65 Å². The summed E-state index contributed by atoms with van der Waals surface area (Å²) in [6.45, 7) is 4.04. The van der Waals surface area contributed by atoms with Crippen LogP contribution in [-0.2, 0) is 0 Å². The van der Waals surface area contributed by atoms with Crippen LogP contribution in [0.5, 0.6) is 0 Å². The van der Waals surface area contributed by atoms with E-state index in [1.54, 1.807) is 16.7 Å². The van der Waals surface area contributed by atoms with Crippen molar-refractivity contribution in [2.45, 2.75) is 26.3 Å². The van der Waals surface area contributed by atoms with Crippen LogP contribution >= 0.6 is 0 Å². The number of nitrogens with one attached hydrogen (secondary N) is 2. The molecule has 3 rings (SSSR count). The molecule has 0 aliphatic carbocycles. The molecule has 6 nitrogen and oxygen atoms in total. The first-order valence-corrected chi connectivity index (χ1v) is 6.65. The Balaban J connectivity index is 2.13. The predicted molar refractivity (Wildman–Crippen MR) is 74.9 cm³/mol. The highest BCUT2D eigenvalue weighted by Crippen LogP contribution is 2.23. The SMILES string of the molecule is CC(C)C[C@@H]1NC(=O)Nc2nc3ccccn3c2C1=O. The van der Waals surface area contributed by atoms with E-state index in [9.17, 15) is 9.59 Å². The minimum atomic E-state index is -0.517. The molecular weight excluding hydrogens is 256 g/mol. The lowest BCUT2D eigenvalue weighted by molar-refractivity contribution is 0.0932. The quantitative estimate of drug-likeness (QED) is 0.878. The third-order valence-electron chi connectivity index (χ3n) is 3.32. The molecule has 104 valence electrons. The number of urea groups is 1. The topological polar surface area (TPSA) is 75.5 Å². The Morgan fingerprint density at radius 1 is 1.35 bits per heavy atom. The van der Waals surface area contributed by atoms with Crippen molar-refractivity contribution < 1.29 is 9.59 Å². The number of amides is 2. The van der Waals surface area contributed by atoms with Crippen LogP contribution in [0.3, 0.4) is 0 Å². The number of carbonyl (C=O) groups is 2. The zero-order valence-electron chi connectivity index (χ0n) is 11.4. The molecule has 1 aliphatic heterocycles. The van der Waals surface area contributed by atoms with Gasteiger partial charge in [-0.3, -0.25) is 14.5 Å². The maximum Gasteiger partial charge on any atom is 0.321 e. The fraction of sp³-hybridized carbons (Fsp3) is 0.357. The van der Waals surface area contributed by atoms with E-state index >= 15 is 0 Å². The molecule has 1 atom stereocenters. The minimum Gasteiger partial charge on any atom is -0.328 e. The van der Waals surface area contributed by atoms with Crippen molar-refractivity contribution in [1.29, 1.82) is 0 Å². The van der Waals surface area contributed by atoms with Crippen molar-refractivity contribution in [3.63, 3.8) is 0 Å². The van der Waals surface area contributed by atoms with E-state index in [0.29, 0.717) is 29.5 Å². The van der Waals surface area contributed by atoms with Gasteiger partial charge < -0.3 is 5.32 Å². The maximum absolute atomic E-state index is 12.7. The number of hydrogen-bond donors (Lipinski definition) is 2. The number of ketones is 1. The number of carbonyl (C=O) groups excluding carboxylic acids is 2. The minimum absolute atomic E-state index is 0.106. The van der Waals surface area contributed by atoms with Gasteiger partial charge in [-0.15, -0.1) is 0 Å². The Kier molecular flexibility index (Phi) is 2.93. The fourth-order valence-electron chi connectivity index (χ4n) is 2.49. The average Bonchev–Trinajstić information content (AvgIpc) is 2.68. The molecule has 2 aromatic rings. The van der Waals surface area contributed by atoms with Gasteiger partial charge in [-0.1, -0.05) is 19.9 Å². The van der Waals surface area contributed by atoms with Crippen molar-refractivity contribution in [2.75, 3.05) is 5.32 Å². The molecule has 0 fully saturated rings. The molecule has 0 radical (unpaired) electrons. The van der Waals surface area contributed by atoms with E-state index in [-0.39, 0.29) is 11.8 Å². The summed E-state index contributed by atoms with van der Waals surface area (Å²) in [4.78, 5) is 28.8. The fourth-order valence-corrected chi connectivity index (χ4v) is 2.49. The summed E-state index contributed by atoms with van der Waals surface area (Å²) < 4.78 is 1.72. The van der Waals surface area contributed by atoms with Gasteiger partial charge in [-0.25, -0.2) is 9.78 Å². The normalized spacial score (nSPS) is 18.6. The van der Waals surface area contributed by atoms with E-state index in [2.05, 4.69) is 15.6 Å². The van der Waals surface area contributed by atoms with Gasteiger partial charge in [-0.05, 0) is 24.5 Å². The highest BCUT2D eigenvalue weighted by atomic mass is 16.2. The number of anilines is 1. The third-order valence-corrected chi connectivity index (χ3v) is 3.32. The van der Waals surface area contributed by atoms with Crippen molar-refractivity contribution in [3.05, 3.63) is 30.1 Å². The molecule has 0 unspecified atom stereocenters. The number of pyridine rings is 1. The lowest BCUT2D eigenvalue weighted by atomic mass is 9.99. The Morgan fingerprint density at radius 2 is 2.15 bits per heavy atom. The number of fused-ring (bicyclic) bond motifs is 3. The lowest BCUT2D eigenvalue weighted by Crippen LogP contribution is -2.41. The van der Waals surface area contributed by atoms with E-state index in [4.69, 9.17) is 0 Å². The van der Waals surface area contributed by atoms with Crippen LogP contribution in [0.2, 0.25) is 0 Å². The monoisotopic (exact) mass is 272 g/mol. The molecule has 2 N–H and O–H groups in total. The molecule has 2 amide bonds. The van der Waals surface area contributed by atoms with Gasteiger partial charge in [0.1, 0.15) is 11.3 Å². The largest absolute Gasteiger partial charge is 0.328 e. The number of imidazole rings is 1. The molecule has 2 aromatic heterocycles. The Morgan fingerprint density at radius 3 is 2.90 bits per heavy atom. The van der Waals surface area contributed by atoms with Crippen LogP contribution in [0.4, 0.5) is 10.6 Å². The average molecular weight is 272 g/mol. The van der Waals surface area contributed by atoms with E-state index in [1.807, 2.05) is 26.0 Å². The van der Waals surface area contributed by atoms with Gasteiger partial charge in [0.25, 0.3) is 0 Å². The summed E-state index contributed by atoms with van der Waals surface area (Å²) in [6, 6.07) is 4.58. The van der Waals surface area contributed by atoms with Gasteiger partial charge in [0.05, 0.1) is 6.04 Å². The van der Waals surface area contributed by atoms with Gasteiger partial charge in [0, 0.05) is 6.20 Å². The summed E-state index contributed by atoms with van der Waals surface area (Å²) in [6.07, 6.45) is 2.38. The zero-order chi connectivity index (χ0) is 14.3. The molecule has 0 spiro atoms. The Hall–Kier alpha value is -2.37. The first-order valence-electron chi connectivity index (χ1n) is 6.65. The van der Waals surface area contributed by atoms with Crippen LogP contribution < -0.4 is 10.6 Å². The summed E-state index contributed by atoms with van der Waals surface area (Å²) >= 11 is 0. The molecule has 3 heterocycles. The highest BCUT2D eigenvalue weighted by molar-refractivity contribution is 6.10. The summed E-state index contributed by atoms with van der Waals surface area (Å²) in [7, 11) is 0. The third kappa shape index (κ3) is 2.03. The summed E-state index contributed by atoms with van der Waals surface area (Å²) in [5, 5.41) is 5.35. The smallest absolute Gasteiger partial charge is 0.321 e. The molecule has 0 saturated carbocycles. The first kappa shape index (κ1) is 12.7. The summed E-state index contributed by atoms with van der Waals surface area (Å²) in [5.74, 6) is 0.528. The van der Waals surface area contributed by atoms with Gasteiger partial charge in [0.2, 0.25) is 5.78 Å². The molecule has 6 heteroatoms. The number of Topliss-reactive ketones (excluding diaryl/α,β-unsaturated/α-hetero) is 1. The predicted octanol–water partition coefficient (Wildman–Crippen LogP) is 2.07. The second-order valence-corrected chi connectivity index (χ2v) is 5.38.